The van der Waals surface area contributed by atoms with Crippen LogP contribution in [0.1, 0.15) is 41.2 Å². The highest BCUT2D eigenvalue weighted by Gasteiger charge is 2.34. The second kappa shape index (κ2) is 6.17. The molecule has 0 unspecified atom stereocenters. The normalized spacial score (nSPS) is 16.0. The summed E-state index contributed by atoms with van der Waals surface area (Å²) in [5.41, 5.74) is 1.69. The van der Waals surface area contributed by atoms with Gasteiger partial charge in [-0.05, 0) is 29.5 Å². The number of fused-ring (bicyclic) bond motifs is 1. The largest absolute Gasteiger partial charge is 0.302 e. The van der Waals surface area contributed by atoms with Crippen LogP contribution in [0, 0.1) is 5.41 Å². The Morgan fingerprint density at radius 3 is 2.70 bits per heavy atom. The van der Waals surface area contributed by atoms with E-state index < -0.39 is 0 Å². The van der Waals surface area contributed by atoms with Gasteiger partial charge in [0.25, 0.3) is 0 Å². The third-order valence-electron chi connectivity index (χ3n) is 3.76. The molecule has 0 saturated carbocycles. The van der Waals surface area contributed by atoms with E-state index in [0.717, 1.165) is 22.2 Å². The molecule has 1 aliphatic rings. The fourth-order valence-corrected chi connectivity index (χ4v) is 3.92. The molecule has 23 heavy (non-hydrogen) atoms. The molecule has 1 N–H and O–H groups in total. The predicted octanol–water partition coefficient (Wildman–Crippen LogP) is 4.24. The van der Waals surface area contributed by atoms with Crippen LogP contribution in [0.5, 0.6) is 0 Å². The average molecular weight is 393 g/mol. The highest BCUT2D eigenvalue weighted by Crippen LogP contribution is 2.38. The van der Waals surface area contributed by atoms with Gasteiger partial charge in [0.2, 0.25) is 5.91 Å². The monoisotopic (exact) mass is 392 g/mol. The molecule has 1 aromatic carbocycles. The standard InChI is InChI=1S/C17H17BrN2O2S/c1-17(2)8-12-15(13(21)9-17)23-16(19-12)20-14(22)7-10-3-5-11(18)6-4-10/h3-6H,7-9H2,1-2H3,(H,19,20,22). The van der Waals surface area contributed by atoms with Gasteiger partial charge in [-0.1, -0.05) is 53.2 Å². The number of hydrogen-bond acceptors (Lipinski definition) is 4. The predicted molar refractivity (Wildman–Crippen MR) is 95.0 cm³/mol. The van der Waals surface area contributed by atoms with Crippen LogP contribution in [0.4, 0.5) is 5.13 Å². The fourth-order valence-electron chi connectivity index (χ4n) is 2.72. The number of aromatic nitrogens is 1. The molecule has 120 valence electrons. The maximum Gasteiger partial charge on any atom is 0.230 e. The molecule has 1 amide bonds. The lowest BCUT2D eigenvalue weighted by molar-refractivity contribution is -0.115. The molecule has 4 nitrogen and oxygen atoms in total. The number of anilines is 1. The van der Waals surface area contributed by atoms with Gasteiger partial charge in [0.15, 0.2) is 10.9 Å². The molecular weight excluding hydrogens is 376 g/mol. The Morgan fingerprint density at radius 2 is 2.00 bits per heavy atom. The van der Waals surface area contributed by atoms with Crippen molar-refractivity contribution in [1.29, 1.82) is 0 Å². The van der Waals surface area contributed by atoms with Crippen molar-refractivity contribution in [2.24, 2.45) is 5.41 Å². The van der Waals surface area contributed by atoms with Crippen molar-refractivity contribution in [3.8, 4) is 0 Å². The van der Waals surface area contributed by atoms with E-state index in [9.17, 15) is 9.59 Å². The van der Waals surface area contributed by atoms with Crippen LogP contribution in [0.25, 0.3) is 0 Å². The third-order valence-corrected chi connectivity index (χ3v) is 5.34. The number of ketones is 1. The quantitative estimate of drug-likeness (QED) is 0.849. The summed E-state index contributed by atoms with van der Waals surface area (Å²) in [5, 5.41) is 3.33. The number of halogens is 1. The lowest BCUT2D eigenvalue weighted by atomic mass is 9.78. The Hall–Kier alpha value is -1.53. The molecule has 0 bridgehead atoms. The Bertz CT molecular complexity index is 765. The molecule has 0 fully saturated rings. The minimum atomic E-state index is -0.120. The Balaban J connectivity index is 1.70. The molecule has 0 spiro atoms. The summed E-state index contributed by atoms with van der Waals surface area (Å²) in [5.74, 6) is 0.00675. The van der Waals surface area contributed by atoms with Crippen molar-refractivity contribution >= 4 is 44.1 Å². The molecule has 0 saturated heterocycles. The molecule has 1 aliphatic carbocycles. The van der Waals surface area contributed by atoms with E-state index in [1.54, 1.807) is 0 Å². The van der Waals surface area contributed by atoms with E-state index in [1.165, 1.54) is 11.3 Å². The number of amides is 1. The van der Waals surface area contributed by atoms with Gasteiger partial charge in [0.05, 0.1) is 17.0 Å². The molecule has 1 heterocycles. The van der Waals surface area contributed by atoms with Crippen LogP contribution >= 0.6 is 27.3 Å². The Kier molecular flexibility index (Phi) is 4.38. The number of carbonyl (C=O) groups excluding carboxylic acids is 2. The van der Waals surface area contributed by atoms with Crippen molar-refractivity contribution in [1.82, 2.24) is 4.98 Å². The van der Waals surface area contributed by atoms with Crippen molar-refractivity contribution in [2.45, 2.75) is 33.1 Å². The number of nitrogens with one attached hydrogen (secondary N) is 1. The molecule has 0 radical (unpaired) electrons. The second-order valence-electron chi connectivity index (χ2n) is 6.59. The molecule has 3 rings (SSSR count). The minimum Gasteiger partial charge on any atom is -0.302 e. The van der Waals surface area contributed by atoms with Crippen molar-refractivity contribution in [2.75, 3.05) is 5.32 Å². The lowest BCUT2D eigenvalue weighted by Gasteiger charge is -2.26. The number of nitrogens with zero attached hydrogens (tertiary/aromatic N) is 1. The van der Waals surface area contributed by atoms with E-state index >= 15 is 0 Å². The number of benzene rings is 1. The van der Waals surface area contributed by atoms with E-state index in [1.807, 2.05) is 24.3 Å². The van der Waals surface area contributed by atoms with Gasteiger partial charge < -0.3 is 5.32 Å². The maximum absolute atomic E-state index is 12.2. The van der Waals surface area contributed by atoms with Crippen LogP contribution in [0.2, 0.25) is 0 Å². The first kappa shape index (κ1) is 16.3. The number of rotatable bonds is 3. The van der Waals surface area contributed by atoms with Crippen molar-refractivity contribution < 1.29 is 9.59 Å². The Labute approximate surface area is 147 Å². The summed E-state index contributed by atoms with van der Waals surface area (Å²) >= 11 is 4.66. The van der Waals surface area contributed by atoms with Gasteiger partial charge in [0.1, 0.15) is 0 Å². The molecular formula is C17H17BrN2O2S. The van der Waals surface area contributed by atoms with Crippen LogP contribution in [-0.4, -0.2) is 16.7 Å². The SMILES string of the molecule is CC1(C)CC(=O)c2sc(NC(=O)Cc3ccc(Br)cc3)nc2C1. The van der Waals surface area contributed by atoms with Gasteiger partial charge in [-0.25, -0.2) is 4.98 Å². The zero-order chi connectivity index (χ0) is 16.6. The topological polar surface area (TPSA) is 59.1 Å². The number of carbonyl (C=O) groups is 2. The van der Waals surface area contributed by atoms with E-state index in [-0.39, 0.29) is 23.5 Å². The third kappa shape index (κ3) is 3.87. The first-order chi connectivity index (χ1) is 10.8. The number of Topliss-reactive ketones (excluding diaryl/α,β-unsaturated/α-hetero) is 1. The zero-order valence-corrected chi connectivity index (χ0v) is 15.4. The fraction of sp³-hybridized carbons (Fsp3) is 0.353. The van der Waals surface area contributed by atoms with Crippen LogP contribution in [0.15, 0.2) is 28.7 Å². The first-order valence-corrected chi connectivity index (χ1v) is 9.00. The molecule has 0 aliphatic heterocycles. The van der Waals surface area contributed by atoms with E-state index in [0.29, 0.717) is 16.4 Å². The van der Waals surface area contributed by atoms with E-state index in [4.69, 9.17) is 0 Å². The lowest BCUT2D eigenvalue weighted by Crippen LogP contribution is -2.26. The zero-order valence-electron chi connectivity index (χ0n) is 13.0. The minimum absolute atomic E-state index is 0.0587. The van der Waals surface area contributed by atoms with Crippen molar-refractivity contribution in [3.05, 3.63) is 44.9 Å². The summed E-state index contributed by atoms with van der Waals surface area (Å²) in [4.78, 5) is 29.5. The molecule has 2 aromatic rings. The molecule has 1 aromatic heterocycles. The van der Waals surface area contributed by atoms with Gasteiger partial charge in [-0.3, -0.25) is 9.59 Å². The van der Waals surface area contributed by atoms with Crippen molar-refractivity contribution in [3.63, 3.8) is 0 Å². The smallest absolute Gasteiger partial charge is 0.230 e. The Morgan fingerprint density at radius 1 is 1.30 bits per heavy atom. The van der Waals surface area contributed by atoms with Gasteiger partial charge >= 0.3 is 0 Å². The summed E-state index contributed by atoms with van der Waals surface area (Å²) in [6.45, 7) is 4.14. The summed E-state index contributed by atoms with van der Waals surface area (Å²) < 4.78 is 0.982. The van der Waals surface area contributed by atoms with Gasteiger partial charge in [-0.2, -0.15) is 0 Å². The second-order valence-corrected chi connectivity index (χ2v) is 8.50. The first-order valence-electron chi connectivity index (χ1n) is 7.40. The molecule has 6 heteroatoms. The van der Waals surface area contributed by atoms with Gasteiger partial charge in [0, 0.05) is 10.9 Å². The highest BCUT2D eigenvalue weighted by molar-refractivity contribution is 9.10. The van der Waals surface area contributed by atoms with Crippen LogP contribution in [-0.2, 0) is 17.6 Å². The molecule has 0 atom stereocenters. The average Bonchev–Trinajstić information content (AvgIpc) is 2.82. The number of thiazole rings is 1. The van der Waals surface area contributed by atoms with Crippen LogP contribution in [0.3, 0.4) is 0 Å². The summed E-state index contributed by atoms with van der Waals surface area (Å²) in [7, 11) is 0. The summed E-state index contributed by atoms with van der Waals surface area (Å²) in [6, 6.07) is 7.63. The number of hydrogen-bond donors (Lipinski definition) is 1. The van der Waals surface area contributed by atoms with Crippen LogP contribution < -0.4 is 5.32 Å². The maximum atomic E-state index is 12.2. The highest BCUT2D eigenvalue weighted by atomic mass is 79.9. The summed E-state index contributed by atoms with van der Waals surface area (Å²) in [6.07, 6.45) is 1.60. The van der Waals surface area contributed by atoms with E-state index in [2.05, 4.69) is 40.1 Å². The van der Waals surface area contributed by atoms with Gasteiger partial charge in [-0.15, -0.1) is 0 Å².